The third kappa shape index (κ3) is 3.81. The highest BCUT2D eigenvalue weighted by Gasteiger charge is 2.20. The molecule has 4 heteroatoms. The summed E-state index contributed by atoms with van der Waals surface area (Å²) in [6.07, 6.45) is 1.31. The predicted octanol–water partition coefficient (Wildman–Crippen LogP) is 1.66. The van der Waals surface area contributed by atoms with Gasteiger partial charge in [-0.2, -0.15) is 0 Å². The molecule has 1 atom stereocenters. The molecule has 1 saturated heterocycles. The molecule has 2 rings (SSSR count). The monoisotopic (exact) mass is 274 g/mol. The van der Waals surface area contributed by atoms with E-state index in [1.54, 1.807) is 0 Å². The van der Waals surface area contributed by atoms with Crippen molar-refractivity contribution < 1.29 is 0 Å². The van der Waals surface area contributed by atoms with Crippen LogP contribution >= 0.6 is 0 Å². The largest absolute Gasteiger partial charge is 0.384 e. The average Bonchev–Trinajstić information content (AvgIpc) is 2.77. The normalized spacial score (nSPS) is 19.7. The van der Waals surface area contributed by atoms with Gasteiger partial charge in [0.2, 0.25) is 0 Å². The highest BCUT2D eigenvalue weighted by atomic mass is 15.1. The van der Waals surface area contributed by atoms with Crippen molar-refractivity contribution in [2.45, 2.75) is 19.9 Å². The zero-order chi connectivity index (χ0) is 14.7. The van der Waals surface area contributed by atoms with Gasteiger partial charge in [0.25, 0.3) is 0 Å². The van der Waals surface area contributed by atoms with Gasteiger partial charge >= 0.3 is 0 Å². The van der Waals surface area contributed by atoms with Crippen LogP contribution in [0.1, 0.15) is 23.1 Å². The molecule has 1 aromatic carbocycles. The number of amidine groups is 1. The Labute approximate surface area is 122 Å². The minimum absolute atomic E-state index is 0.141. The molecule has 0 bridgehead atoms. The first kappa shape index (κ1) is 15.0. The fraction of sp³-hybridized carbons (Fsp3) is 0.562. The van der Waals surface area contributed by atoms with Crippen molar-refractivity contribution in [3.63, 3.8) is 0 Å². The number of benzene rings is 1. The van der Waals surface area contributed by atoms with Crippen molar-refractivity contribution in [3.8, 4) is 0 Å². The molecule has 1 heterocycles. The van der Waals surface area contributed by atoms with Gasteiger partial charge in [-0.1, -0.05) is 12.1 Å². The van der Waals surface area contributed by atoms with Crippen molar-refractivity contribution in [1.29, 1.82) is 5.41 Å². The first-order valence-corrected chi connectivity index (χ1v) is 7.26. The zero-order valence-corrected chi connectivity index (χ0v) is 12.8. The molecule has 1 unspecified atom stereocenters. The smallest absolute Gasteiger partial charge is 0.122 e. The number of rotatable bonds is 5. The molecule has 0 aromatic heterocycles. The molecule has 1 aliphatic rings. The third-order valence-electron chi connectivity index (χ3n) is 4.15. The maximum atomic E-state index is 7.48. The number of nitrogens with two attached hydrogens (primary N) is 1. The first-order valence-electron chi connectivity index (χ1n) is 7.26. The van der Waals surface area contributed by atoms with E-state index < -0.39 is 0 Å². The van der Waals surface area contributed by atoms with E-state index in [9.17, 15) is 0 Å². The SMILES string of the molecule is Cc1cc(C(=N)N)ccc1CN(C)CC1CCN(C)C1. The van der Waals surface area contributed by atoms with Crippen molar-refractivity contribution >= 4 is 5.84 Å². The number of hydrogen-bond donors (Lipinski definition) is 2. The molecule has 0 aliphatic carbocycles. The van der Waals surface area contributed by atoms with Crippen molar-refractivity contribution in [2.24, 2.45) is 11.7 Å². The molecular formula is C16H26N4. The summed E-state index contributed by atoms with van der Waals surface area (Å²) >= 11 is 0. The summed E-state index contributed by atoms with van der Waals surface area (Å²) in [5.74, 6) is 0.934. The first-order chi connectivity index (χ1) is 9.45. The molecule has 1 aliphatic heterocycles. The van der Waals surface area contributed by atoms with Crippen molar-refractivity contribution in [2.75, 3.05) is 33.7 Å². The van der Waals surface area contributed by atoms with E-state index in [0.29, 0.717) is 0 Å². The van der Waals surface area contributed by atoms with Crippen LogP contribution in [0.4, 0.5) is 0 Å². The summed E-state index contributed by atoms with van der Waals surface area (Å²) in [4.78, 5) is 4.81. The molecule has 0 saturated carbocycles. The summed E-state index contributed by atoms with van der Waals surface area (Å²) in [6, 6.07) is 6.06. The topological polar surface area (TPSA) is 56.4 Å². The second-order valence-electron chi connectivity index (χ2n) is 6.17. The van der Waals surface area contributed by atoms with E-state index in [2.05, 4.69) is 36.9 Å². The third-order valence-corrected chi connectivity index (χ3v) is 4.15. The summed E-state index contributed by atoms with van der Waals surface area (Å²) in [5, 5.41) is 7.48. The Bertz CT molecular complexity index is 483. The Hall–Kier alpha value is -1.39. The Morgan fingerprint density at radius 1 is 1.50 bits per heavy atom. The number of hydrogen-bond acceptors (Lipinski definition) is 3. The van der Waals surface area contributed by atoms with Crippen LogP contribution in [0.25, 0.3) is 0 Å². The Morgan fingerprint density at radius 2 is 2.25 bits per heavy atom. The average molecular weight is 274 g/mol. The molecule has 3 N–H and O–H groups in total. The van der Waals surface area contributed by atoms with Crippen LogP contribution in [0.15, 0.2) is 18.2 Å². The lowest BCUT2D eigenvalue weighted by Crippen LogP contribution is -2.27. The van der Waals surface area contributed by atoms with E-state index in [0.717, 1.165) is 24.6 Å². The maximum Gasteiger partial charge on any atom is 0.122 e. The molecule has 20 heavy (non-hydrogen) atoms. The van der Waals surface area contributed by atoms with E-state index >= 15 is 0 Å². The molecule has 0 amide bonds. The molecule has 1 aromatic rings. The van der Waals surface area contributed by atoms with Crippen LogP contribution in [0.5, 0.6) is 0 Å². The van der Waals surface area contributed by atoms with Crippen molar-refractivity contribution in [3.05, 3.63) is 34.9 Å². The van der Waals surface area contributed by atoms with Gasteiger partial charge < -0.3 is 15.5 Å². The molecule has 0 radical (unpaired) electrons. The number of aryl methyl sites for hydroxylation is 1. The van der Waals surface area contributed by atoms with Gasteiger partial charge in [0.05, 0.1) is 0 Å². The van der Waals surface area contributed by atoms with Gasteiger partial charge in [-0.3, -0.25) is 5.41 Å². The second-order valence-corrected chi connectivity index (χ2v) is 6.17. The van der Waals surface area contributed by atoms with Gasteiger partial charge in [-0.15, -0.1) is 0 Å². The van der Waals surface area contributed by atoms with Crippen LogP contribution < -0.4 is 5.73 Å². The fourth-order valence-electron chi connectivity index (χ4n) is 3.01. The molecule has 4 nitrogen and oxygen atoms in total. The fourth-order valence-corrected chi connectivity index (χ4v) is 3.01. The van der Waals surface area contributed by atoms with Crippen LogP contribution in [-0.2, 0) is 6.54 Å². The number of nitrogens with zero attached hydrogens (tertiary/aromatic N) is 2. The van der Waals surface area contributed by atoms with Crippen LogP contribution in [0.3, 0.4) is 0 Å². The summed E-state index contributed by atoms with van der Waals surface area (Å²) in [6.45, 7) is 6.65. The van der Waals surface area contributed by atoms with Gasteiger partial charge in [0.1, 0.15) is 5.84 Å². The van der Waals surface area contributed by atoms with Gasteiger partial charge in [0.15, 0.2) is 0 Å². The molecule has 1 fully saturated rings. The summed E-state index contributed by atoms with van der Waals surface area (Å²) < 4.78 is 0. The highest BCUT2D eigenvalue weighted by molar-refractivity contribution is 5.95. The molecule has 0 spiro atoms. The highest BCUT2D eigenvalue weighted by Crippen LogP contribution is 2.18. The van der Waals surface area contributed by atoms with Gasteiger partial charge in [0, 0.05) is 25.2 Å². The molecule has 110 valence electrons. The van der Waals surface area contributed by atoms with Crippen LogP contribution in [0.2, 0.25) is 0 Å². The minimum Gasteiger partial charge on any atom is -0.384 e. The molecular weight excluding hydrogens is 248 g/mol. The van der Waals surface area contributed by atoms with Crippen LogP contribution in [-0.4, -0.2) is 49.4 Å². The van der Waals surface area contributed by atoms with Gasteiger partial charge in [-0.25, -0.2) is 0 Å². The summed E-state index contributed by atoms with van der Waals surface area (Å²) in [5.41, 5.74) is 8.87. The zero-order valence-electron chi connectivity index (χ0n) is 12.8. The Kier molecular flexibility index (Phi) is 4.78. The lowest BCUT2D eigenvalue weighted by atomic mass is 10.0. The van der Waals surface area contributed by atoms with Crippen molar-refractivity contribution in [1.82, 2.24) is 9.80 Å². The standard InChI is InChI=1S/C16H26N4/c1-12-8-14(16(17)18)4-5-15(12)11-20(3)10-13-6-7-19(2)9-13/h4-5,8,13H,6-7,9-11H2,1-3H3,(H3,17,18). The lowest BCUT2D eigenvalue weighted by Gasteiger charge is -2.22. The Morgan fingerprint density at radius 3 is 2.80 bits per heavy atom. The number of nitrogens with one attached hydrogen (secondary N) is 1. The Balaban J connectivity index is 1.94. The minimum atomic E-state index is 0.141. The van der Waals surface area contributed by atoms with E-state index in [1.807, 2.05) is 12.1 Å². The number of nitrogen functional groups attached to an aromatic ring is 1. The summed E-state index contributed by atoms with van der Waals surface area (Å²) in [7, 11) is 4.39. The van der Waals surface area contributed by atoms with Crippen LogP contribution in [0, 0.1) is 18.3 Å². The maximum absolute atomic E-state index is 7.48. The quantitative estimate of drug-likeness (QED) is 0.634. The predicted molar refractivity (Wildman–Crippen MR) is 84.1 cm³/mol. The van der Waals surface area contributed by atoms with Gasteiger partial charge in [-0.05, 0) is 57.1 Å². The number of likely N-dealkylation sites (tertiary alicyclic amines) is 1. The van der Waals surface area contributed by atoms with E-state index in [1.165, 1.54) is 30.6 Å². The van der Waals surface area contributed by atoms with E-state index in [-0.39, 0.29) is 5.84 Å². The second kappa shape index (κ2) is 6.37. The lowest BCUT2D eigenvalue weighted by molar-refractivity contribution is 0.267. The van der Waals surface area contributed by atoms with E-state index in [4.69, 9.17) is 11.1 Å².